The third-order valence-corrected chi connectivity index (χ3v) is 6.50. The maximum absolute atomic E-state index is 13.2. The third-order valence-electron chi connectivity index (χ3n) is 6.50. The first kappa shape index (κ1) is 23.6. The smallest absolute Gasteiger partial charge is 0.381 e. The zero-order valence-electron chi connectivity index (χ0n) is 17.0. The second-order valence-corrected chi connectivity index (χ2v) is 8.26. The van der Waals surface area contributed by atoms with Crippen molar-refractivity contribution in [2.75, 3.05) is 26.8 Å². The highest BCUT2D eigenvalue weighted by molar-refractivity contribution is 14.0. The Morgan fingerprint density at radius 2 is 2.00 bits per heavy atom. The standard InChI is InChI=1S/C21H28F3N3O2.HI/c1-25-19(27-17-12-16-5-6-18(17)29-16)26-13-20(7-9-28-10-8-20)14-3-2-4-15(11-14)21(22,23)24;/h2-4,11,16-18H,5-10,12-13H2,1H3,(H2,25,26,27);1H. The second-order valence-electron chi connectivity index (χ2n) is 8.26. The van der Waals surface area contributed by atoms with Gasteiger partial charge in [-0.1, -0.05) is 18.2 Å². The first-order valence-corrected chi connectivity index (χ1v) is 10.3. The summed E-state index contributed by atoms with van der Waals surface area (Å²) in [6, 6.07) is 5.93. The summed E-state index contributed by atoms with van der Waals surface area (Å²) in [7, 11) is 1.71. The first-order chi connectivity index (χ1) is 13.9. The fraction of sp³-hybridized carbons (Fsp3) is 0.667. The fourth-order valence-corrected chi connectivity index (χ4v) is 4.77. The van der Waals surface area contributed by atoms with Crippen LogP contribution in [0.5, 0.6) is 0 Å². The lowest BCUT2D eigenvalue weighted by molar-refractivity contribution is -0.137. The Morgan fingerprint density at radius 3 is 2.60 bits per heavy atom. The Hall–Kier alpha value is -1.07. The minimum atomic E-state index is -4.35. The number of hydrogen-bond acceptors (Lipinski definition) is 3. The van der Waals surface area contributed by atoms with Crippen molar-refractivity contribution >= 4 is 29.9 Å². The van der Waals surface area contributed by atoms with Gasteiger partial charge in [0.2, 0.25) is 0 Å². The van der Waals surface area contributed by atoms with Gasteiger partial charge in [-0.05, 0) is 43.7 Å². The Labute approximate surface area is 192 Å². The van der Waals surface area contributed by atoms with Crippen molar-refractivity contribution in [3.63, 3.8) is 0 Å². The highest BCUT2D eigenvalue weighted by Crippen LogP contribution is 2.38. The van der Waals surface area contributed by atoms with Crippen LogP contribution in [0.15, 0.2) is 29.3 Å². The van der Waals surface area contributed by atoms with Crippen LogP contribution in [0.2, 0.25) is 0 Å². The number of halogens is 4. The molecule has 0 saturated carbocycles. The van der Waals surface area contributed by atoms with Crippen LogP contribution in [0.3, 0.4) is 0 Å². The Morgan fingerprint density at radius 1 is 1.23 bits per heavy atom. The number of aliphatic imine (C=N–C) groups is 1. The number of ether oxygens (including phenoxy) is 2. The molecule has 0 radical (unpaired) electrons. The molecular weight excluding hydrogens is 510 g/mol. The van der Waals surface area contributed by atoms with Crippen LogP contribution in [0.1, 0.15) is 43.2 Å². The highest BCUT2D eigenvalue weighted by Gasteiger charge is 2.42. The van der Waals surface area contributed by atoms with Crippen LogP contribution < -0.4 is 10.6 Å². The molecule has 4 rings (SSSR count). The van der Waals surface area contributed by atoms with E-state index >= 15 is 0 Å². The highest BCUT2D eigenvalue weighted by atomic mass is 127. The molecule has 0 aliphatic carbocycles. The number of guanidine groups is 1. The Bertz CT molecular complexity index is 753. The molecule has 9 heteroatoms. The van der Waals surface area contributed by atoms with Crippen LogP contribution in [-0.2, 0) is 21.1 Å². The van der Waals surface area contributed by atoms with E-state index < -0.39 is 17.2 Å². The largest absolute Gasteiger partial charge is 0.416 e. The van der Waals surface area contributed by atoms with Gasteiger partial charge >= 0.3 is 6.18 Å². The molecule has 2 N–H and O–H groups in total. The number of benzene rings is 1. The summed E-state index contributed by atoms with van der Waals surface area (Å²) >= 11 is 0. The van der Waals surface area contributed by atoms with Crippen molar-refractivity contribution in [3.05, 3.63) is 35.4 Å². The summed E-state index contributed by atoms with van der Waals surface area (Å²) < 4.78 is 51.1. The minimum Gasteiger partial charge on any atom is -0.381 e. The molecular formula is C21H29F3IN3O2. The van der Waals surface area contributed by atoms with Crippen LogP contribution >= 0.6 is 24.0 Å². The van der Waals surface area contributed by atoms with E-state index in [2.05, 4.69) is 15.6 Å². The molecule has 3 aliphatic heterocycles. The molecule has 30 heavy (non-hydrogen) atoms. The maximum Gasteiger partial charge on any atom is 0.416 e. The molecule has 168 valence electrons. The number of alkyl halides is 3. The molecule has 3 fully saturated rings. The molecule has 0 spiro atoms. The predicted octanol–water partition coefficient (Wildman–Crippen LogP) is 3.86. The summed E-state index contributed by atoms with van der Waals surface area (Å²) in [5.41, 5.74) is -0.341. The molecule has 5 nitrogen and oxygen atoms in total. The SMILES string of the molecule is CN=C(NCC1(c2cccc(C(F)(F)F)c2)CCOCC1)NC1CC2CCC1O2.I. The van der Waals surface area contributed by atoms with Gasteiger partial charge in [-0.25, -0.2) is 0 Å². The van der Waals surface area contributed by atoms with E-state index in [1.54, 1.807) is 13.1 Å². The number of fused-ring (bicyclic) bond motifs is 2. The molecule has 0 aromatic heterocycles. The van der Waals surface area contributed by atoms with Crippen molar-refractivity contribution in [1.82, 2.24) is 10.6 Å². The lowest BCUT2D eigenvalue weighted by Crippen LogP contribution is -2.52. The van der Waals surface area contributed by atoms with Crippen molar-refractivity contribution in [2.45, 2.75) is 61.9 Å². The summed E-state index contributed by atoms with van der Waals surface area (Å²) in [6.45, 7) is 1.56. The topological polar surface area (TPSA) is 54.9 Å². The van der Waals surface area contributed by atoms with E-state index in [0.29, 0.717) is 50.2 Å². The quantitative estimate of drug-likeness (QED) is 0.347. The molecule has 3 unspecified atom stereocenters. The summed E-state index contributed by atoms with van der Waals surface area (Å²) in [5.74, 6) is 0.670. The van der Waals surface area contributed by atoms with Gasteiger partial charge in [0.25, 0.3) is 0 Å². The van der Waals surface area contributed by atoms with Crippen molar-refractivity contribution in [2.24, 2.45) is 4.99 Å². The van der Waals surface area contributed by atoms with Crippen molar-refractivity contribution in [3.8, 4) is 0 Å². The fourth-order valence-electron chi connectivity index (χ4n) is 4.77. The minimum absolute atomic E-state index is 0. The Kier molecular flexibility index (Phi) is 7.55. The van der Waals surface area contributed by atoms with Gasteiger partial charge < -0.3 is 20.1 Å². The van der Waals surface area contributed by atoms with Gasteiger partial charge in [-0.3, -0.25) is 4.99 Å². The number of nitrogens with one attached hydrogen (secondary N) is 2. The normalized spacial score (nSPS) is 28.1. The van der Waals surface area contributed by atoms with Gasteiger partial charge in [0.1, 0.15) is 0 Å². The second kappa shape index (κ2) is 9.60. The van der Waals surface area contributed by atoms with E-state index in [1.807, 2.05) is 0 Å². The molecule has 1 aromatic rings. The van der Waals surface area contributed by atoms with Crippen LogP contribution in [0.25, 0.3) is 0 Å². The summed E-state index contributed by atoms with van der Waals surface area (Å²) in [5, 5.41) is 6.81. The first-order valence-electron chi connectivity index (χ1n) is 10.3. The summed E-state index contributed by atoms with van der Waals surface area (Å²) in [6.07, 6.45) is 0.679. The lowest BCUT2D eigenvalue weighted by Gasteiger charge is -2.39. The van der Waals surface area contributed by atoms with E-state index in [0.717, 1.165) is 25.3 Å². The molecule has 1 aromatic carbocycles. The van der Waals surface area contributed by atoms with Gasteiger partial charge in [-0.15, -0.1) is 24.0 Å². The average Bonchev–Trinajstić information content (AvgIpc) is 3.34. The van der Waals surface area contributed by atoms with Crippen LogP contribution in [0, 0.1) is 0 Å². The van der Waals surface area contributed by atoms with E-state index in [4.69, 9.17) is 9.47 Å². The number of hydrogen-bond donors (Lipinski definition) is 2. The lowest BCUT2D eigenvalue weighted by atomic mass is 9.73. The Balaban J connectivity index is 0.00000256. The van der Waals surface area contributed by atoms with Crippen molar-refractivity contribution < 1.29 is 22.6 Å². The molecule has 2 bridgehead atoms. The van der Waals surface area contributed by atoms with Crippen LogP contribution in [0.4, 0.5) is 13.2 Å². The zero-order chi connectivity index (χ0) is 20.5. The number of rotatable bonds is 4. The molecule has 3 atom stereocenters. The molecule has 3 heterocycles. The van der Waals surface area contributed by atoms with E-state index in [1.165, 1.54) is 12.1 Å². The van der Waals surface area contributed by atoms with Crippen molar-refractivity contribution in [1.29, 1.82) is 0 Å². The zero-order valence-corrected chi connectivity index (χ0v) is 19.3. The molecule has 0 amide bonds. The molecule has 3 aliphatic rings. The number of nitrogens with zero attached hydrogens (tertiary/aromatic N) is 1. The maximum atomic E-state index is 13.2. The van der Waals surface area contributed by atoms with Gasteiger partial charge in [0.05, 0.1) is 23.8 Å². The van der Waals surface area contributed by atoms with E-state index in [-0.39, 0.29) is 36.1 Å². The average molecular weight is 539 g/mol. The molecule has 3 saturated heterocycles. The van der Waals surface area contributed by atoms with Crippen LogP contribution in [-0.4, -0.2) is 51.0 Å². The predicted molar refractivity (Wildman–Crippen MR) is 119 cm³/mol. The van der Waals surface area contributed by atoms with Gasteiger partial charge in [0.15, 0.2) is 5.96 Å². The monoisotopic (exact) mass is 539 g/mol. The van der Waals surface area contributed by atoms with E-state index in [9.17, 15) is 13.2 Å². The van der Waals surface area contributed by atoms with Gasteiger partial charge in [-0.2, -0.15) is 13.2 Å². The third kappa shape index (κ3) is 5.04. The summed E-state index contributed by atoms with van der Waals surface area (Å²) in [4.78, 5) is 4.33. The van der Waals surface area contributed by atoms with Gasteiger partial charge in [0, 0.05) is 32.2 Å².